The van der Waals surface area contributed by atoms with Crippen LogP contribution in [-0.2, 0) is 4.74 Å². The number of morpholine rings is 1. The molecule has 1 aliphatic heterocycles. The van der Waals surface area contributed by atoms with Gasteiger partial charge in [0.2, 0.25) is 0 Å². The van der Waals surface area contributed by atoms with E-state index in [4.69, 9.17) is 15.7 Å². The second kappa shape index (κ2) is 5.71. The Kier molecular flexibility index (Phi) is 3.76. The summed E-state index contributed by atoms with van der Waals surface area (Å²) >= 11 is 1.55. The van der Waals surface area contributed by atoms with Gasteiger partial charge in [0.05, 0.1) is 18.7 Å². The van der Waals surface area contributed by atoms with Crippen LogP contribution in [0.15, 0.2) is 34.8 Å². The number of hydrogen-bond donors (Lipinski definition) is 2. The standard InChI is InChI=1S/C14H15N3O3S/c15-13(16-19)11-7-17(5-6-20-11)14(18)10-8-21-12-4-2-1-3-9(10)12/h1-4,8,11,19H,5-7H2,(H2,15,16). The predicted molar refractivity (Wildman–Crippen MR) is 80.9 cm³/mol. The van der Waals surface area contributed by atoms with E-state index in [1.54, 1.807) is 16.2 Å². The zero-order valence-electron chi connectivity index (χ0n) is 11.2. The molecule has 3 N–H and O–H groups in total. The van der Waals surface area contributed by atoms with Crippen LogP contribution in [-0.4, -0.2) is 47.7 Å². The van der Waals surface area contributed by atoms with Crippen LogP contribution in [0, 0.1) is 0 Å². The fourth-order valence-electron chi connectivity index (χ4n) is 2.39. The molecular formula is C14H15N3O3S. The van der Waals surface area contributed by atoms with Crippen molar-refractivity contribution in [1.29, 1.82) is 0 Å². The van der Waals surface area contributed by atoms with Crippen LogP contribution in [0.2, 0.25) is 0 Å². The van der Waals surface area contributed by atoms with Crippen LogP contribution in [0.5, 0.6) is 0 Å². The molecule has 0 saturated carbocycles. The quantitative estimate of drug-likeness (QED) is 0.381. The van der Waals surface area contributed by atoms with Gasteiger partial charge in [0.15, 0.2) is 5.84 Å². The van der Waals surface area contributed by atoms with E-state index < -0.39 is 6.10 Å². The molecule has 1 amide bonds. The van der Waals surface area contributed by atoms with Crippen molar-refractivity contribution in [1.82, 2.24) is 4.90 Å². The van der Waals surface area contributed by atoms with Crippen LogP contribution in [0.4, 0.5) is 0 Å². The molecule has 21 heavy (non-hydrogen) atoms. The minimum atomic E-state index is -0.558. The highest BCUT2D eigenvalue weighted by molar-refractivity contribution is 7.17. The highest BCUT2D eigenvalue weighted by atomic mass is 32.1. The number of ether oxygens (including phenoxy) is 1. The van der Waals surface area contributed by atoms with Gasteiger partial charge >= 0.3 is 0 Å². The summed E-state index contributed by atoms with van der Waals surface area (Å²) in [6, 6.07) is 7.82. The fraction of sp³-hybridized carbons (Fsp3) is 0.286. The van der Waals surface area contributed by atoms with Gasteiger partial charge in [-0.15, -0.1) is 11.3 Å². The molecule has 3 rings (SSSR count). The van der Waals surface area contributed by atoms with Gasteiger partial charge in [-0.3, -0.25) is 4.79 Å². The Balaban J connectivity index is 1.85. The van der Waals surface area contributed by atoms with Crippen molar-refractivity contribution in [3.63, 3.8) is 0 Å². The maximum atomic E-state index is 12.7. The number of benzene rings is 1. The Morgan fingerprint density at radius 2 is 2.29 bits per heavy atom. The van der Waals surface area contributed by atoms with Gasteiger partial charge in [0.1, 0.15) is 6.10 Å². The van der Waals surface area contributed by atoms with Crippen molar-refractivity contribution in [2.24, 2.45) is 10.9 Å². The number of rotatable bonds is 2. The van der Waals surface area contributed by atoms with E-state index in [2.05, 4.69) is 5.16 Å². The summed E-state index contributed by atoms with van der Waals surface area (Å²) in [4.78, 5) is 14.3. The van der Waals surface area contributed by atoms with E-state index >= 15 is 0 Å². The van der Waals surface area contributed by atoms with Gasteiger partial charge in [-0.05, 0) is 6.07 Å². The lowest BCUT2D eigenvalue weighted by Gasteiger charge is -2.32. The van der Waals surface area contributed by atoms with Gasteiger partial charge in [0, 0.05) is 22.0 Å². The molecule has 6 nitrogen and oxygen atoms in total. The highest BCUT2D eigenvalue weighted by Crippen LogP contribution is 2.27. The molecule has 1 aromatic heterocycles. The van der Waals surface area contributed by atoms with Crippen LogP contribution in [0.25, 0.3) is 10.1 Å². The Bertz CT molecular complexity index is 698. The van der Waals surface area contributed by atoms with E-state index in [0.717, 1.165) is 10.1 Å². The number of carbonyl (C=O) groups is 1. The van der Waals surface area contributed by atoms with Crippen LogP contribution in [0.3, 0.4) is 0 Å². The molecule has 1 atom stereocenters. The first kappa shape index (κ1) is 13.8. The molecule has 1 aromatic carbocycles. The summed E-state index contributed by atoms with van der Waals surface area (Å²) in [6.07, 6.45) is -0.558. The summed E-state index contributed by atoms with van der Waals surface area (Å²) in [5.74, 6) is -0.0610. The summed E-state index contributed by atoms with van der Waals surface area (Å²) in [5, 5.41) is 14.5. The normalized spacial score (nSPS) is 19.9. The number of nitrogens with zero attached hydrogens (tertiary/aromatic N) is 2. The van der Waals surface area contributed by atoms with Crippen LogP contribution in [0.1, 0.15) is 10.4 Å². The number of thiophene rings is 1. The highest BCUT2D eigenvalue weighted by Gasteiger charge is 2.28. The third-order valence-electron chi connectivity index (χ3n) is 3.51. The first-order valence-electron chi connectivity index (χ1n) is 6.55. The average molecular weight is 305 g/mol. The Hall–Kier alpha value is -2.12. The minimum absolute atomic E-state index is 0.0114. The van der Waals surface area contributed by atoms with E-state index in [1.165, 1.54) is 0 Å². The molecule has 2 aromatic rings. The van der Waals surface area contributed by atoms with E-state index in [-0.39, 0.29) is 11.7 Å². The van der Waals surface area contributed by atoms with E-state index in [0.29, 0.717) is 25.3 Å². The lowest BCUT2D eigenvalue weighted by molar-refractivity contribution is 0.00687. The molecule has 110 valence electrons. The average Bonchev–Trinajstić information content (AvgIpc) is 2.97. The number of fused-ring (bicyclic) bond motifs is 1. The molecule has 1 unspecified atom stereocenters. The first-order chi connectivity index (χ1) is 10.2. The monoisotopic (exact) mass is 305 g/mol. The number of oxime groups is 1. The number of carbonyl (C=O) groups excluding carboxylic acids is 1. The molecule has 0 spiro atoms. The lowest BCUT2D eigenvalue weighted by Crippen LogP contribution is -2.50. The van der Waals surface area contributed by atoms with Crippen LogP contribution >= 0.6 is 11.3 Å². The zero-order valence-corrected chi connectivity index (χ0v) is 12.0. The molecule has 1 aliphatic rings. The third kappa shape index (κ3) is 2.57. The first-order valence-corrected chi connectivity index (χ1v) is 7.43. The number of hydrogen-bond acceptors (Lipinski definition) is 5. The van der Waals surface area contributed by atoms with E-state index in [1.807, 2.05) is 29.6 Å². The molecule has 0 aliphatic carbocycles. The summed E-state index contributed by atoms with van der Waals surface area (Å²) in [5.41, 5.74) is 6.25. The second-order valence-corrected chi connectivity index (χ2v) is 5.69. The van der Waals surface area contributed by atoms with Crippen molar-refractivity contribution < 1.29 is 14.7 Å². The van der Waals surface area contributed by atoms with Gasteiger partial charge < -0.3 is 20.6 Å². The predicted octanol–water partition coefficient (Wildman–Crippen LogP) is 1.49. The van der Waals surface area contributed by atoms with Crippen molar-refractivity contribution >= 4 is 33.2 Å². The van der Waals surface area contributed by atoms with Gasteiger partial charge in [-0.2, -0.15) is 0 Å². The summed E-state index contributed by atoms with van der Waals surface area (Å²) in [6.45, 7) is 1.16. The minimum Gasteiger partial charge on any atom is -0.409 e. The van der Waals surface area contributed by atoms with Crippen molar-refractivity contribution in [2.75, 3.05) is 19.7 Å². The molecule has 0 bridgehead atoms. The molecular weight excluding hydrogens is 290 g/mol. The van der Waals surface area contributed by atoms with Gasteiger partial charge in [0.25, 0.3) is 5.91 Å². The molecule has 2 heterocycles. The van der Waals surface area contributed by atoms with Crippen molar-refractivity contribution in [3.05, 3.63) is 35.2 Å². The maximum Gasteiger partial charge on any atom is 0.255 e. The molecule has 1 fully saturated rings. The van der Waals surface area contributed by atoms with Crippen molar-refractivity contribution in [2.45, 2.75) is 6.10 Å². The maximum absolute atomic E-state index is 12.7. The zero-order chi connectivity index (χ0) is 14.8. The largest absolute Gasteiger partial charge is 0.409 e. The Morgan fingerprint density at radius 1 is 1.48 bits per heavy atom. The van der Waals surface area contributed by atoms with Crippen molar-refractivity contribution in [3.8, 4) is 0 Å². The lowest BCUT2D eigenvalue weighted by atomic mass is 10.1. The summed E-state index contributed by atoms with van der Waals surface area (Å²) < 4.78 is 6.49. The molecule has 1 saturated heterocycles. The number of amides is 1. The topological polar surface area (TPSA) is 88.2 Å². The van der Waals surface area contributed by atoms with Crippen LogP contribution < -0.4 is 5.73 Å². The number of nitrogens with two attached hydrogens (primary N) is 1. The Labute approximate surface area is 125 Å². The van der Waals surface area contributed by atoms with Gasteiger partial charge in [-0.25, -0.2) is 0 Å². The van der Waals surface area contributed by atoms with E-state index in [9.17, 15) is 4.79 Å². The fourth-order valence-corrected chi connectivity index (χ4v) is 3.33. The van der Waals surface area contributed by atoms with Gasteiger partial charge in [-0.1, -0.05) is 23.4 Å². The molecule has 0 radical (unpaired) electrons. The summed E-state index contributed by atoms with van der Waals surface area (Å²) in [7, 11) is 0. The SMILES string of the molecule is NC(=NO)C1CN(C(=O)c2csc3ccccc23)CCO1. The number of amidine groups is 1. The second-order valence-electron chi connectivity index (χ2n) is 4.78. The smallest absolute Gasteiger partial charge is 0.255 e. The molecule has 7 heteroatoms. The Morgan fingerprint density at radius 3 is 3.10 bits per heavy atom. The third-order valence-corrected chi connectivity index (χ3v) is 4.47.